The standard InChI is InChI=1S/C19H19NO4/c1-19(22,17-11-13-6-3-4-9-16(13)24-17)12-20-18(21)14-7-5-8-15(10-14)23-2/h3-11,22H,12H2,1-2H3,(H,20,21). The fourth-order valence-electron chi connectivity index (χ4n) is 2.45. The van der Waals surface area contributed by atoms with Gasteiger partial charge in [0.25, 0.3) is 5.91 Å². The molecule has 2 N–H and O–H groups in total. The van der Waals surface area contributed by atoms with Crippen LogP contribution in [0.4, 0.5) is 0 Å². The van der Waals surface area contributed by atoms with Gasteiger partial charge in [0.15, 0.2) is 0 Å². The van der Waals surface area contributed by atoms with Crippen molar-refractivity contribution in [1.82, 2.24) is 5.32 Å². The molecule has 1 unspecified atom stereocenters. The van der Waals surface area contributed by atoms with Gasteiger partial charge in [-0.2, -0.15) is 0 Å². The Labute approximate surface area is 139 Å². The molecule has 0 aliphatic rings. The fraction of sp³-hybridized carbons (Fsp3) is 0.211. The number of fused-ring (bicyclic) bond motifs is 1. The van der Waals surface area contributed by atoms with E-state index >= 15 is 0 Å². The minimum Gasteiger partial charge on any atom is -0.497 e. The largest absolute Gasteiger partial charge is 0.497 e. The van der Waals surface area contributed by atoms with Gasteiger partial charge in [-0.1, -0.05) is 24.3 Å². The first-order valence-corrected chi connectivity index (χ1v) is 7.63. The molecule has 0 aliphatic heterocycles. The average molecular weight is 325 g/mol. The van der Waals surface area contributed by atoms with Crippen LogP contribution in [-0.4, -0.2) is 24.7 Å². The van der Waals surface area contributed by atoms with E-state index in [-0.39, 0.29) is 12.5 Å². The molecule has 0 radical (unpaired) electrons. The van der Waals surface area contributed by atoms with Gasteiger partial charge in [0.2, 0.25) is 0 Å². The van der Waals surface area contributed by atoms with E-state index in [9.17, 15) is 9.90 Å². The van der Waals surface area contributed by atoms with Crippen LogP contribution in [0.2, 0.25) is 0 Å². The molecular weight excluding hydrogens is 306 g/mol. The van der Waals surface area contributed by atoms with Crippen LogP contribution in [0, 0.1) is 0 Å². The molecule has 1 amide bonds. The van der Waals surface area contributed by atoms with Gasteiger partial charge >= 0.3 is 0 Å². The molecular formula is C19H19NO4. The number of benzene rings is 2. The van der Waals surface area contributed by atoms with E-state index in [4.69, 9.17) is 9.15 Å². The molecule has 1 atom stereocenters. The number of hydrogen-bond acceptors (Lipinski definition) is 4. The van der Waals surface area contributed by atoms with Gasteiger partial charge in [0.05, 0.1) is 13.7 Å². The number of amides is 1. The second-order valence-electron chi connectivity index (χ2n) is 5.84. The summed E-state index contributed by atoms with van der Waals surface area (Å²) < 4.78 is 10.8. The summed E-state index contributed by atoms with van der Waals surface area (Å²) in [6.07, 6.45) is 0. The highest BCUT2D eigenvalue weighted by atomic mass is 16.5. The summed E-state index contributed by atoms with van der Waals surface area (Å²) in [5.41, 5.74) is -0.144. The van der Waals surface area contributed by atoms with E-state index in [2.05, 4.69) is 5.32 Å². The molecule has 0 fully saturated rings. The first kappa shape index (κ1) is 16.1. The van der Waals surface area contributed by atoms with Crippen molar-refractivity contribution in [1.29, 1.82) is 0 Å². The van der Waals surface area contributed by atoms with Crippen molar-refractivity contribution in [3.8, 4) is 5.75 Å². The van der Waals surface area contributed by atoms with Crippen LogP contribution in [0.3, 0.4) is 0 Å². The summed E-state index contributed by atoms with van der Waals surface area (Å²) in [4.78, 5) is 12.3. The van der Waals surface area contributed by atoms with Crippen molar-refractivity contribution in [2.75, 3.05) is 13.7 Å². The zero-order valence-corrected chi connectivity index (χ0v) is 13.6. The Kier molecular flexibility index (Phi) is 4.27. The predicted molar refractivity (Wildman–Crippen MR) is 91.1 cm³/mol. The lowest BCUT2D eigenvalue weighted by Gasteiger charge is -2.21. The Hall–Kier alpha value is -2.79. The first-order chi connectivity index (χ1) is 11.5. The van der Waals surface area contributed by atoms with Crippen LogP contribution in [-0.2, 0) is 5.60 Å². The van der Waals surface area contributed by atoms with Crippen LogP contribution in [0.25, 0.3) is 11.0 Å². The predicted octanol–water partition coefficient (Wildman–Crippen LogP) is 3.08. The highest BCUT2D eigenvalue weighted by Gasteiger charge is 2.28. The molecule has 124 valence electrons. The highest BCUT2D eigenvalue weighted by Crippen LogP contribution is 2.27. The molecule has 1 heterocycles. The van der Waals surface area contributed by atoms with E-state index in [1.54, 1.807) is 44.4 Å². The molecule has 0 aliphatic carbocycles. The summed E-state index contributed by atoms with van der Waals surface area (Å²) in [5.74, 6) is 0.728. The van der Waals surface area contributed by atoms with E-state index in [0.29, 0.717) is 22.7 Å². The molecule has 5 nitrogen and oxygen atoms in total. The average Bonchev–Trinajstić information content (AvgIpc) is 3.05. The number of aliphatic hydroxyl groups is 1. The van der Waals surface area contributed by atoms with Gasteiger partial charge < -0.3 is 19.6 Å². The second-order valence-corrected chi connectivity index (χ2v) is 5.84. The van der Waals surface area contributed by atoms with Crippen LogP contribution in [0.5, 0.6) is 5.75 Å². The van der Waals surface area contributed by atoms with Gasteiger partial charge in [0, 0.05) is 10.9 Å². The molecule has 1 aromatic heterocycles. The number of carbonyl (C=O) groups excluding carboxylic acids is 1. The third-order valence-corrected chi connectivity index (χ3v) is 3.88. The molecule has 0 spiro atoms. The normalized spacial score (nSPS) is 13.5. The van der Waals surface area contributed by atoms with Crippen molar-refractivity contribution < 1.29 is 19.1 Å². The van der Waals surface area contributed by atoms with Crippen molar-refractivity contribution in [2.45, 2.75) is 12.5 Å². The fourth-order valence-corrected chi connectivity index (χ4v) is 2.45. The van der Waals surface area contributed by atoms with E-state index in [1.165, 1.54) is 0 Å². The minimum absolute atomic E-state index is 0.0306. The summed E-state index contributed by atoms with van der Waals surface area (Å²) in [6.45, 7) is 1.64. The maximum absolute atomic E-state index is 12.3. The third kappa shape index (κ3) is 3.26. The lowest BCUT2D eigenvalue weighted by molar-refractivity contribution is 0.0344. The second kappa shape index (κ2) is 6.37. The summed E-state index contributed by atoms with van der Waals surface area (Å²) in [7, 11) is 1.55. The SMILES string of the molecule is COc1cccc(C(=O)NCC(C)(O)c2cc3ccccc3o2)c1. The van der Waals surface area contributed by atoms with Gasteiger partial charge in [0.1, 0.15) is 22.7 Å². The molecule has 0 bridgehead atoms. The van der Waals surface area contributed by atoms with Crippen LogP contribution in [0.15, 0.2) is 59.0 Å². The molecule has 5 heteroatoms. The van der Waals surface area contributed by atoms with Crippen molar-refractivity contribution in [2.24, 2.45) is 0 Å². The monoisotopic (exact) mass is 325 g/mol. The molecule has 0 saturated heterocycles. The van der Waals surface area contributed by atoms with Gasteiger partial charge in [-0.15, -0.1) is 0 Å². The lowest BCUT2D eigenvalue weighted by atomic mass is 10.0. The zero-order chi connectivity index (χ0) is 17.2. The maximum Gasteiger partial charge on any atom is 0.251 e. The smallest absolute Gasteiger partial charge is 0.251 e. The maximum atomic E-state index is 12.3. The molecule has 24 heavy (non-hydrogen) atoms. The number of hydrogen-bond donors (Lipinski definition) is 2. The Morgan fingerprint density at radius 2 is 2.00 bits per heavy atom. The molecule has 0 saturated carbocycles. The quantitative estimate of drug-likeness (QED) is 0.756. The van der Waals surface area contributed by atoms with E-state index in [0.717, 1.165) is 5.39 Å². The van der Waals surface area contributed by atoms with Crippen molar-refractivity contribution in [3.05, 3.63) is 65.9 Å². The summed E-state index contributed by atoms with van der Waals surface area (Å²) in [6, 6.07) is 16.1. The van der Waals surface area contributed by atoms with E-state index in [1.807, 2.05) is 24.3 Å². The molecule has 3 rings (SSSR count). The summed E-state index contributed by atoms with van der Waals surface area (Å²) in [5, 5.41) is 14.3. The highest BCUT2D eigenvalue weighted by molar-refractivity contribution is 5.94. The van der Waals surface area contributed by atoms with Gasteiger partial charge in [-0.3, -0.25) is 4.79 Å². The topological polar surface area (TPSA) is 71.7 Å². The number of nitrogens with one attached hydrogen (secondary N) is 1. The third-order valence-electron chi connectivity index (χ3n) is 3.88. The number of carbonyl (C=O) groups is 1. The number of ether oxygens (including phenoxy) is 1. The van der Waals surface area contributed by atoms with Crippen molar-refractivity contribution >= 4 is 16.9 Å². The Bertz CT molecular complexity index is 833. The zero-order valence-electron chi connectivity index (χ0n) is 13.6. The number of rotatable bonds is 5. The van der Waals surface area contributed by atoms with Crippen LogP contribution in [0.1, 0.15) is 23.0 Å². The first-order valence-electron chi connectivity index (χ1n) is 7.63. The molecule has 2 aromatic carbocycles. The number of methoxy groups -OCH3 is 1. The lowest BCUT2D eigenvalue weighted by Crippen LogP contribution is -2.38. The van der Waals surface area contributed by atoms with E-state index < -0.39 is 5.60 Å². The minimum atomic E-state index is -1.31. The number of furan rings is 1. The number of para-hydroxylation sites is 1. The Morgan fingerprint density at radius 1 is 1.21 bits per heavy atom. The van der Waals surface area contributed by atoms with Gasteiger partial charge in [-0.25, -0.2) is 0 Å². The summed E-state index contributed by atoms with van der Waals surface area (Å²) >= 11 is 0. The Morgan fingerprint density at radius 3 is 2.75 bits per heavy atom. The Balaban J connectivity index is 1.73. The molecule has 3 aromatic rings. The van der Waals surface area contributed by atoms with Crippen LogP contribution < -0.4 is 10.1 Å². The van der Waals surface area contributed by atoms with Crippen LogP contribution >= 0.6 is 0 Å². The van der Waals surface area contributed by atoms with Crippen molar-refractivity contribution in [3.63, 3.8) is 0 Å². The van der Waals surface area contributed by atoms with Gasteiger partial charge in [-0.05, 0) is 37.3 Å².